The fourth-order valence-electron chi connectivity index (χ4n) is 1.67. The van der Waals surface area contributed by atoms with Gasteiger partial charge in [-0.05, 0) is 58.4 Å². The molecule has 0 aliphatic carbocycles. The predicted octanol–water partition coefficient (Wildman–Crippen LogP) is 2.98. The molecule has 0 heterocycles. The molecule has 0 atom stereocenters. The number of nitrogens with one attached hydrogen (secondary N) is 1. The lowest BCUT2D eigenvalue weighted by Crippen LogP contribution is -2.28. The molecule has 0 aliphatic heterocycles. The lowest BCUT2D eigenvalue weighted by Gasteiger charge is -2.09. The van der Waals surface area contributed by atoms with Crippen molar-refractivity contribution in [3.05, 3.63) is 58.3 Å². The first-order valence-electron chi connectivity index (χ1n) is 6.28. The van der Waals surface area contributed by atoms with E-state index in [-0.39, 0.29) is 5.91 Å². The molecule has 0 saturated carbocycles. The molecule has 21 heavy (non-hydrogen) atoms. The van der Waals surface area contributed by atoms with E-state index in [2.05, 4.69) is 21.2 Å². The maximum absolute atomic E-state index is 12.9. The first kappa shape index (κ1) is 15.3. The van der Waals surface area contributed by atoms with Crippen LogP contribution in [0.3, 0.4) is 0 Å². The molecule has 0 radical (unpaired) electrons. The number of carbonyl (C=O) groups excluding carboxylic acids is 1. The summed E-state index contributed by atoms with van der Waals surface area (Å²) in [7, 11) is 0. The smallest absolute Gasteiger partial charge is 0.252 e. The van der Waals surface area contributed by atoms with Gasteiger partial charge >= 0.3 is 0 Å². The molecule has 0 spiro atoms. The van der Waals surface area contributed by atoms with Gasteiger partial charge in [0.05, 0.1) is 12.1 Å². The van der Waals surface area contributed by atoms with Gasteiger partial charge in [0.15, 0.2) is 0 Å². The van der Waals surface area contributed by atoms with Gasteiger partial charge in [-0.25, -0.2) is 4.39 Å². The number of carbonyl (C=O) groups is 1. The van der Waals surface area contributed by atoms with Gasteiger partial charge in [0, 0.05) is 10.2 Å². The molecule has 6 heteroatoms. The molecular weight excluding hydrogens is 339 g/mol. The highest BCUT2D eigenvalue weighted by molar-refractivity contribution is 9.10. The van der Waals surface area contributed by atoms with E-state index in [0.717, 1.165) is 0 Å². The maximum atomic E-state index is 12.9. The van der Waals surface area contributed by atoms with Crippen LogP contribution in [0, 0.1) is 5.82 Å². The Kier molecular flexibility index (Phi) is 5.16. The second kappa shape index (κ2) is 7.08. The molecule has 3 N–H and O–H groups in total. The molecule has 110 valence electrons. The van der Waals surface area contributed by atoms with Crippen LogP contribution in [0.25, 0.3) is 0 Å². The third-order valence-electron chi connectivity index (χ3n) is 2.71. The first-order chi connectivity index (χ1) is 10.1. The van der Waals surface area contributed by atoms with Gasteiger partial charge in [0.25, 0.3) is 5.91 Å². The summed E-state index contributed by atoms with van der Waals surface area (Å²) in [6, 6.07) is 10.9. The molecule has 2 rings (SSSR count). The van der Waals surface area contributed by atoms with Gasteiger partial charge in [0.1, 0.15) is 18.2 Å². The predicted molar refractivity (Wildman–Crippen MR) is 82.8 cm³/mol. The summed E-state index contributed by atoms with van der Waals surface area (Å²) in [5.41, 5.74) is 6.61. The molecule has 1 amide bonds. The molecule has 0 bridgehead atoms. The molecule has 0 aliphatic rings. The molecule has 4 nitrogen and oxygen atoms in total. The Labute approximate surface area is 130 Å². The Balaban J connectivity index is 1.80. The fraction of sp³-hybridized carbons (Fsp3) is 0.133. The zero-order chi connectivity index (χ0) is 15.2. The Bertz CT molecular complexity index is 632. The second-order valence-electron chi connectivity index (χ2n) is 4.30. The fourth-order valence-corrected chi connectivity index (χ4v) is 2.20. The van der Waals surface area contributed by atoms with E-state index in [1.807, 2.05) is 0 Å². The van der Waals surface area contributed by atoms with Crippen LogP contribution in [0.15, 0.2) is 46.9 Å². The van der Waals surface area contributed by atoms with Crippen LogP contribution in [-0.4, -0.2) is 19.1 Å². The van der Waals surface area contributed by atoms with E-state index in [0.29, 0.717) is 34.6 Å². The number of benzene rings is 2. The highest BCUT2D eigenvalue weighted by atomic mass is 79.9. The summed E-state index contributed by atoms with van der Waals surface area (Å²) in [5, 5.41) is 2.70. The summed E-state index contributed by atoms with van der Waals surface area (Å²) in [6.45, 7) is 0.668. The van der Waals surface area contributed by atoms with E-state index in [1.54, 1.807) is 24.3 Å². The average Bonchev–Trinajstić information content (AvgIpc) is 2.45. The summed E-state index contributed by atoms with van der Waals surface area (Å²) < 4.78 is 18.8. The number of nitrogen functional groups attached to an aromatic ring is 1. The number of amides is 1. The number of hydrogen-bond acceptors (Lipinski definition) is 3. The Morgan fingerprint density at radius 2 is 1.95 bits per heavy atom. The summed E-state index contributed by atoms with van der Waals surface area (Å²) in [4.78, 5) is 11.9. The Hall–Kier alpha value is -2.08. The van der Waals surface area contributed by atoms with Gasteiger partial charge in [0.2, 0.25) is 0 Å². The molecule has 0 fully saturated rings. The van der Waals surface area contributed by atoms with E-state index < -0.39 is 5.82 Å². The third kappa shape index (κ3) is 4.46. The molecule has 0 aromatic heterocycles. The van der Waals surface area contributed by atoms with Crippen LogP contribution >= 0.6 is 15.9 Å². The maximum Gasteiger partial charge on any atom is 0.252 e. The molecule has 2 aromatic rings. The third-order valence-corrected chi connectivity index (χ3v) is 3.37. The normalized spacial score (nSPS) is 10.2. The highest BCUT2D eigenvalue weighted by Gasteiger charge is 2.10. The second-order valence-corrected chi connectivity index (χ2v) is 5.15. The SMILES string of the molecule is Nc1ccc(OCCNC(=O)c2ccc(F)cc2Br)cc1. The highest BCUT2D eigenvalue weighted by Crippen LogP contribution is 2.17. The van der Waals surface area contributed by atoms with Gasteiger partial charge in [-0.3, -0.25) is 4.79 Å². The van der Waals surface area contributed by atoms with Gasteiger partial charge in [-0.15, -0.1) is 0 Å². The van der Waals surface area contributed by atoms with Crippen molar-refractivity contribution in [1.29, 1.82) is 0 Å². The lowest BCUT2D eigenvalue weighted by atomic mass is 10.2. The van der Waals surface area contributed by atoms with Gasteiger partial charge < -0.3 is 15.8 Å². The zero-order valence-corrected chi connectivity index (χ0v) is 12.7. The molecular formula is C15H14BrFN2O2. The lowest BCUT2D eigenvalue weighted by molar-refractivity contribution is 0.0946. The number of halogens is 2. The Morgan fingerprint density at radius 1 is 1.24 bits per heavy atom. The van der Waals surface area contributed by atoms with Crippen LogP contribution in [0.4, 0.5) is 10.1 Å². The minimum Gasteiger partial charge on any atom is -0.492 e. The van der Waals surface area contributed by atoms with Gasteiger partial charge in [-0.1, -0.05) is 0 Å². The summed E-state index contributed by atoms with van der Waals surface area (Å²) in [6.07, 6.45) is 0. The minimum absolute atomic E-state index is 0.289. The van der Waals surface area contributed by atoms with Crippen molar-refractivity contribution in [2.45, 2.75) is 0 Å². The van der Waals surface area contributed by atoms with E-state index in [9.17, 15) is 9.18 Å². The van der Waals surface area contributed by atoms with Gasteiger partial charge in [-0.2, -0.15) is 0 Å². The largest absolute Gasteiger partial charge is 0.492 e. The number of hydrogen-bond donors (Lipinski definition) is 2. The summed E-state index contributed by atoms with van der Waals surface area (Å²) >= 11 is 3.16. The average molecular weight is 353 g/mol. The van der Waals surface area contributed by atoms with Crippen LogP contribution in [0.1, 0.15) is 10.4 Å². The van der Waals surface area contributed by atoms with E-state index in [1.165, 1.54) is 18.2 Å². The number of nitrogens with two attached hydrogens (primary N) is 1. The molecule has 0 unspecified atom stereocenters. The van der Waals surface area contributed by atoms with E-state index in [4.69, 9.17) is 10.5 Å². The van der Waals surface area contributed by atoms with Crippen molar-refractivity contribution in [2.75, 3.05) is 18.9 Å². The van der Waals surface area contributed by atoms with Crippen molar-refractivity contribution in [1.82, 2.24) is 5.32 Å². The molecule has 0 saturated heterocycles. The number of rotatable bonds is 5. The topological polar surface area (TPSA) is 64.3 Å². The summed E-state index contributed by atoms with van der Waals surface area (Å²) in [5.74, 6) is -0.00528. The van der Waals surface area contributed by atoms with Crippen molar-refractivity contribution >= 4 is 27.5 Å². The van der Waals surface area contributed by atoms with Crippen molar-refractivity contribution in [3.63, 3.8) is 0 Å². The van der Waals surface area contributed by atoms with Crippen LogP contribution in [0.2, 0.25) is 0 Å². The monoisotopic (exact) mass is 352 g/mol. The van der Waals surface area contributed by atoms with E-state index >= 15 is 0 Å². The van der Waals surface area contributed by atoms with Crippen LogP contribution in [-0.2, 0) is 0 Å². The Morgan fingerprint density at radius 3 is 2.62 bits per heavy atom. The van der Waals surface area contributed by atoms with Crippen molar-refractivity contribution < 1.29 is 13.9 Å². The van der Waals surface area contributed by atoms with Crippen molar-refractivity contribution in [3.8, 4) is 5.75 Å². The molecule has 2 aromatic carbocycles. The quantitative estimate of drug-likeness (QED) is 0.642. The minimum atomic E-state index is -0.398. The first-order valence-corrected chi connectivity index (χ1v) is 7.07. The zero-order valence-electron chi connectivity index (χ0n) is 11.1. The van der Waals surface area contributed by atoms with Crippen molar-refractivity contribution in [2.24, 2.45) is 0 Å². The standard InChI is InChI=1S/C15H14BrFN2O2/c16-14-9-10(17)1-6-13(14)15(20)19-7-8-21-12-4-2-11(18)3-5-12/h1-6,9H,7-8,18H2,(H,19,20). The van der Waals surface area contributed by atoms with Crippen LogP contribution < -0.4 is 15.8 Å². The number of ether oxygens (including phenoxy) is 1. The van der Waals surface area contributed by atoms with Crippen LogP contribution in [0.5, 0.6) is 5.75 Å². The number of anilines is 1.